The van der Waals surface area contributed by atoms with Gasteiger partial charge < -0.3 is 14.2 Å². The molecule has 1 aliphatic rings. The van der Waals surface area contributed by atoms with E-state index in [1.54, 1.807) is 18.4 Å². The zero-order valence-electron chi connectivity index (χ0n) is 24.0. The predicted molar refractivity (Wildman–Crippen MR) is 171 cm³/mol. The van der Waals surface area contributed by atoms with Crippen LogP contribution in [0.5, 0.6) is 11.5 Å². The number of thiazole rings is 1. The average Bonchev–Trinajstić information content (AvgIpc) is 3.65. The molecule has 1 aliphatic heterocycles. The van der Waals surface area contributed by atoms with Gasteiger partial charge in [-0.1, -0.05) is 65.9 Å². The first-order chi connectivity index (χ1) is 21.0. The topological polar surface area (TPSA) is 79.1 Å². The Hall–Kier alpha value is -4.47. The first kappa shape index (κ1) is 28.6. The van der Waals surface area contributed by atoms with E-state index in [0.717, 1.165) is 26.8 Å². The molecule has 0 N–H and O–H groups in total. The molecule has 0 radical (unpaired) electrons. The molecular formula is C34H30N2O5S2. The molecule has 3 heterocycles. The Balaban J connectivity index is 1.36. The molecule has 0 fully saturated rings. The van der Waals surface area contributed by atoms with Crippen molar-refractivity contribution in [3.05, 3.63) is 125 Å². The lowest BCUT2D eigenvalue weighted by Crippen LogP contribution is -2.39. The number of benzene rings is 3. The second kappa shape index (κ2) is 12.4. The molecule has 7 nitrogen and oxygen atoms in total. The highest BCUT2D eigenvalue weighted by molar-refractivity contribution is 7.10. The minimum atomic E-state index is -0.596. The third kappa shape index (κ3) is 5.66. The van der Waals surface area contributed by atoms with E-state index in [9.17, 15) is 9.59 Å². The fourth-order valence-electron chi connectivity index (χ4n) is 5.23. The summed E-state index contributed by atoms with van der Waals surface area (Å²) >= 11 is 2.78. The third-order valence-electron chi connectivity index (χ3n) is 7.16. The Morgan fingerprint density at radius 2 is 1.81 bits per heavy atom. The Labute approximate surface area is 256 Å². The summed E-state index contributed by atoms with van der Waals surface area (Å²) in [5, 5.41) is 4.25. The molecular weight excluding hydrogens is 581 g/mol. The van der Waals surface area contributed by atoms with Gasteiger partial charge in [0.05, 0.1) is 29.0 Å². The summed E-state index contributed by atoms with van der Waals surface area (Å²) in [5.41, 5.74) is 2.60. The lowest BCUT2D eigenvalue weighted by atomic mass is 10.0. The average molecular weight is 611 g/mol. The van der Waals surface area contributed by atoms with Gasteiger partial charge >= 0.3 is 5.97 Å². The predicted octanol–water partition coefficient (Wildman–Crippen LogP) is 5.99. The van der Waals surface area contributed by atoms with E-state index in [4.69, 9.17) is 14.2 Å². The standard InChI is InChI=1S/C34H30N2O5S2/c1-4-39-27-18-22(15-16-26(27)41-20-24-12-8-11-23-10-6-7-13-25(23)24)19-29-32(37)36-31(28-14-9-17-42-28)30(33(38)40-5-2)21(3)35-34(36)43-29/h6-19,31H,4-5,20H2,1-3H3/b29-19+. The molecule has 1 unspecified atom stereocenters. The number of carbonyl (C=O) groups excluding carboxylic acids is 1. The second-order valence-corrected chi connectivity index (χ2v) is 11.9. The van der Waals surface area contributed by atoms with Crippen LogP contribution in [-0.2, 0) is 16.1 Å². The molecule has 6 rings (SSSR count). The van der Waals surface area contributed by atoms with Crippen LogP contribution in [0.2, 0.25) is 0 Å². The number of allylic oxidation sites excluding steroid dienone is 1. The van der Waals surface area contributed by atoms with Crippen LogP contribution in [0.4, 0.5) is 0 Å². The number of hydrogen-bond acceptors (Lipinski definition) is 8. The molecule has 218 valence electrons. The van der Waals surface area contributed by atoms with E-state index >= 15 is 0 Å². The quantitative estimate of drug-likeness (QED) is 0.192. The number of esters is 1. The summed E-state index contributed by atoms with van der Waals surface area (Å²) in [7, 11) is 0. The SMILES string of the molecule is CCOC(=O)C1=C(C)N=c2s/c(=C/c3ccc(OCc4cccc5ccccc45)c(OCC)c3)c(=O)n2C1c1cccs1. The van der Waals surface area contributed by atoms with Gasteiger partial charge in [-0.2, -0.15) is 0 Å². The molecule has 43 heavy (non-hydrogen) atoms. The fraction of sp³-hybridized carbons (Fsp3) is 0.206. The van der Waals surface area contributed by atoms with Gasteiger partial charge in [-0.25, -0.2) is 9.79 Å². The molecule has 2 aromatic heterocycles. The largest absolute Gasteiger partial charge is 0.490 e. The van der Waals surface area contributed by atoms with Gasteiger partial charge in [0.15, 0.2) is 16.3 Å². The van der Waals surface area contributed by atoms with Gasteiger partial charge in [-0.05, 0) is 72.3 Å². The van der Waals surface area contributed by atoms with Crippen molar-refractivity contribution in [2.45, 2.75) is 33.4 Å². The zero-order chi connectivity index (χ0) is 29.9. The maximum absolute atomic E-state index is 13.9. The van der Waals surface area contributed by atoms with Crippen molar-refractivity contribution in [3.63, 3.8) is 0 Å². The van der Waals surface area contributed by atoms with Crippen molar-refractivity contribution in [2.24, 2.45) is 4.99 Å². The van der Waals surface area contributed by atoms with E-state index in [1.807, 2.05) is 66.9 Å². The molecule has 1 atom stereocenters. The number of carbonyl (C=O) groups is 1. The van der Waals surface area contributed by atoms with Gasteiger partial charge in [-0.3, -0.25) is 9.36 Å². The van der Waals surface area contributed by atoms with Crippen molar-refractivity contribution < 1.29 is 19.0 Å². The lowest BCUT2D eigenvalue weighted by Gasteiger charge is -2.23. The van der Waals surface area contributed by atoms with Crippen molar-refractivity contribution in [2.75, 3.05) is 13.2 Å². The van der Waals surface area contributed by atoms with Gasteiger partial charge in [0.2, 0.25) is 0 Å². The maximum atomic E-state index is 13.9. The highest BCUT2D eigenvalue weighted by Crippen LogP contribution is 2.33. The summed E-state index contributed by atoms with van der Waals surface area (Å²) in [4.78, 5) is 32.9. The normalized spacial score (nSPS) is 14.9. The molecule has 0 aliphatic carbocycles. The Morgan fingerprint density at radius 3 is 2.60 bits per heavy atom. The van der Waals surface area contributed by atoms with E-state index in [2.05, 4.69) is 29.3 Å². The lowest BCUT2D eigenvalue weighted by molar-refractivity contribution is -0.139. The highest BCUT2D eigenvalue weighted by atomic mass is 32.1. The maximum Gasteiger partial charge on any atom is 0.338 e. The molecule has 0 saturated heterocycles. The summed E-state index contributed by atoms with van der Waals surface area (Å²) in [6, 6.07) is 23.3. The molecule has 0 saturated carbocycles. The van der Waals surface area contributed by atoms with Gasteiger partial charge in [-0.15, -0.1) is 11.3 Å². The second-order valence-electron chi connectivity index (χ2n) is 9.88. The Kier molecular flexibility index (Phi) is 8.26. The van der Waals surface area contributed by atoms with E-state index < -0.39 is 12.0 Å². The molecule has 0 amide bonds. The van der Waals surface area contributed by atoms with Crippen molar-refractivity contribution in [1.29, 1.82) is 0 Å². The number of ether oxygens (including phenoxy) is 3. The molecule has 3 aromatic carbocycles. The van der Waals surface area contributed by atoms with Crippen LogP contribution in [0.25, 0.3) is 16.8 Å². The molecule has 9 heteroatoms. The van der Waals surface area contributed by atoms with Crippen LogP contribution in [0.1, 0.15) is 42.8 Å². The summed E-state index contributed by atoms with van der Waals surface area (Å²) in [5.74, 6) is 0.763. The van der Waals surface area contributed by atoms with Gasteiger partial charge in [0, 0.05) is 4.88 Å². The minimum absolute atomic E-state index is 0.217. The van der Waals surface area contributed by atoms with Gasteiger partial charge in [0.25, 0.3) is 5.56 Å². The Bertz CT molecular complexity index is 2020. The summed E-state index contributed by atoms with van der Waals surface area (Å²) < 4.78 is 19.6. The number of rotatable bonds is 9. The van der Waals surface area contributed by atoms with Crippen molar-refractivity contribution >= 4 is 45.5 Å². The van der Waals surface area contributed by atoms with E-state index in [1.165, 1.54) is 22.7 Å². The van der Waals surface area contributed by atoms with Crippen molar-refractivity contribution in [1.82, 2.24) is 4.57 Å². The smallest absolute Gasteiger partial charge is 0.338 e. The summed E-state index contributed by atoms with van der Waals surface area (Å²) in [6.45, 7) is 6.57. The van der Waals surface area contributed by atoms with E-state index in [0.29, 0.717) is 45.3 Å². The third-order valence-corrected chi connectivity index (χ3v) is 9.07. The van der Waals surface area contributed by atoms with Crippen molar-refractivity contribution in [3.8, 4) is 11.5 Å². The first-order valence-corrected chi connectivity index (χ1v) is 15.8. The molecule has 0 spiro atoms. The number of aromatic nitrogens is 1. The van der Waals surface area contributed by atoms with E-state index in [-0.39, 0.29) is 12.2 Å². The minimum Gasteiger partial charge on any atom is -0.490 e. The van der Waals surface area contributed by atoms with Crippen LogP contribution >= 0.6 is 22.7 Å². The van der Waals surface area contributed by atoms with Gasteiger partial charge in [0.1, 0.15) is 12.6 Å². The Morgan fingerprint density at radius 1 is 0.977 bits per heavy atom. The molecule has 0 bridgehead atoms. The zero-order valence-corrected chi connectivity index (χ0v) is 25.7. The summed E-state index contributed by atoms with van der Waals surface area (Å²) in [6.07, 6.45) is 1.83. The van der Waals surface area contributed by atoms with Crippen LogP contribution in [0.3, 0.4) is 0 Å². The highest BCUT2D eigenvalue weighted by Gasteiger charge is 2.33. The number of hydrogen-bond donors (Lipinski definition) is 0. The van der Waals surface area contributed by atoms with Crippen LogP contribution in [0.15, 0.2) is 99.2 Å². The first-order valence-electron chi connectivity index (χ1n) is 14.1. The number of fused-ring (bicyclic) bond motifs is 2. The monoisotopic (exact) mass is 610 g/mol. The van der Waals surface area contributed by atoms with Crippen LogP contribution in [0, 0.1) is 0 Å². The number of thiophene rings is 1. The fourth-order valence-corrected chi connectivity index (χ4v) is 7.10. The van der Waals surface area contributed by atoms with Crippen LogP contribution in [-0.4, -0.2) is 23.8 Å². The van der Waals surface area contributed by atoms with Crippen LogP contribution < -0.4 is 24.4 Å². The number of nitrogens with zero attached hydrogens (tertiary/aromatic N) is 2. The molecule has 5 aromatic rings.